The van der Waals surface area contributed by atoms with Gasteiger partial charge in [0.1, 0.15) is 11.9 Å². The standard InChI is InChI=1S/C22H14F3N5/c1-13-20(15-5-4-14-3-2-10-27-18(14)11-15)29-19(12-26)30-21(13)28-17-8-6-16(7-9-17)22(23,24)25/h2-11H,1H3,(H,28,29,30). The van der Waals surface area contributed by atoms with Crippen LogP contribution >= 0.6 is 0 Å². The monoisotopic (exact) mass is 405 g/mol. The van der Waals surface area contributed by atoms with Crippen LogP contribution in [0.4, 0.5) is 24.7 Å². The van der Waals surface area contributed by atoms with Crippen molar-refractivity contribution in [2.45, 2.75) is 13.1 Å². The summed E-state index contributed by atoms with van der Waals surface area (Å²) in [6, 6.07) is 16.0. The number of benzene rings is 2. The molecule has 0 spiro atoms. The van der Waals surface area contributed by atoms with Gasteiger partial charge < -0.3 is 5.32 Å². The van der Waals surface area contributed by atoms with Crippen LogP contribution in [-0.4, -0.2) is 15.0 Å². The molecule has 0 aliphatic rings. The highest BCUT2D eigenvalue weighted by atomic mass is 19.4. The lowest BCUT2D eigenvalue weighted by Crippen LogP contribution is -2.06. The maximum atomic E-state index is 12.8. The molecule has 0 atom stereocenters. The van der Waals surface area contributed by atoms with Crippen molar-refractivity contribution in [3.05, 3.63) is 77.7 Å². The molecule has 0 saturated carbocycles. The van der Waals surface area contributed by atoms with E-state index < -0.39 is 11.7 Å². The molecule has 148 valence electrons. The maximum absolute atomic E-state index is 12.8. The number of nitriles is 1. The van der Waals surface area contributed by atoms with Crippen molar-refractivity contribution in [1.82, 2.24) is 15.0 Å². The molecule has 8 heteroatoms. The van der Waals surface area contributed by atoms with Gasteiger partial charge in [-0.1, -0.05) is 18.2 Å². The SMILES string of the molecule is Cc1c(Nc2ccc(C(F)(F)F)cc2)nc(C#N)nc1-c1ccc2cccnc2c1. The number of anilines is 2. The van der Waals surface area contributed by atoms with Gasteiger partial charge in [-0.2, -0.15) is 18.4 Å². The first-order valence-corrected chi connectivity index (χ1v) is 8.93. The van der Waals surface area contributed by atoms with E-state index in [1.54, 1.807) is 13.1 Å². The number of aromatic nitrogens is 3. The number of pyridine rings is 1. The minimum Gasteiger partial charge on any atom is -0.340 e. The number of nitrogens with zero attached hydrogens (tertiary/aromatic N) is 4. The van der Waals surface area contributed by atoms with E-state index in [9.17, 15) is 18.4 Å². The van der Waals surface area contributed by atoms with Crippen LogP contribution in [0.15, 0.2) is 60.8 Å². The van der Waals surface area contributed by atoms with Gasteiger partial charge in [-0.25, -0.2) is 9.97 Å². The van der Waals surface area contributed by atoms with Crippen molar-refractivity contribution in [2.75, 3.05) is 5.32 Å². The van der Waals surface area contributed by atoms with E-state index in [-0.39, 0.29) is 5.82 Å². The van der Waals surface area contributed by atoms with Gasteiger partial charge in [-0.3, -0.25) is 4.98 Å². The van der Waals surface area contributed by atoms with Crippen LogP contribution in [0.3, 0.4) is 0 Å². The van der Waals surface area contributed by atoms with Crippen molar-refractivity contribution >= 4 is 22.4 Å². The predicted molar refractivity (Wildman–Crippen MR) is 107 cm³/mol. The molecule has 0 fully saturated rings. The zero-order chi connectivity index (χ0) is 21.3. The van der Waals surface area contributed by atoms with E-state index in [1.165, 1.54) is 12.1 Å². The Labute approximate surface area is 169 Å². The molecule has 0 saturated heterocycles. The lowest BCUT2D eigenvalue weighted by Gasteiger charge is -2.14. The fourth-order valence-electron chi connectivity index (χ4n) is 3.06. The van der Waals surface area contributed by atoms with E-state index in [0.717, 1.165) is 28.6 Å². The summed E-state index contributed by atoms with van der Waals surface area (Å²) in [5, 5.41) is 13.3. The Balaban J connectivity index is 1.75. The normalized spacial score (nSPS) is 11.3. The molecule has 1 N–H and O–H groups in total. The number of rotatable bonds is 3. The topological polar surface area (TPSA) is 74.5 Å². The van der Waals surface area contributed by atoms with Gasteiger partial charge in [0.05, 0.1) is 16.8 Å². The molecule has 5 nitrogen and oxygen atoms in total. The zero-order valence-corrected chi connectivity index (χ0v) is 15.7. The second-order valence-electron chi connectivity index (χ2n) is 6.59. The van der Waals surface area contributed by atoms with Crippen molar-refractivity contribution in [1.29, 1.82) is 5.26 Å². The molecule has 0 bridgehead atoms. The summed E-state index contributed by atoms with van der Waals surface area (Å²) < 4.78 is 38.3. The largest absolute Gasteiger partial charge is 0.416 e. The quantitative estimate of drug-likeness (QED) is 0.478. The summed E-state index contributed by atoms with van der Waals surface area (Å²) in [6.45, 7) is 1.78. The van der Waals surface area contributed by atoms with Crippen LogP contribution in [0.25, 0.3) is 22.2 Å². The third kappa shape index (κ3) is 3.78. The van der Waals surface area contributed by atoms with Gasteiger partial charge in [0.2, 0.25) is 5.82 Å². The van der Waals surface area contributed by atoms with Crippen molar-refractivity contribution in [3.8, 4) is 17.3 Å². The average molecular weight is 405 g/mol. The molecule has 0 aliphatic carbocycles. The summed E-state index contributed by atoms with van der Waals surface area (Å²) in [7, 11) is 0. The fraction of sp³-hybridized carbons (Fsp3) is 0.0909. The third-order valence-electron chi connectivity index (χ3n) is 4.60. The molecule has 2 heterocycles. The fourth-order valence-corrected chi connectivity index (χ4v) is 3.06. The highest BCUT2D eigenvalue weighted by molar-refractivity contribution is 5.84. The first-order valence-electron chi connectivity index (χ1n) is 8.93. The average Bonchev–Trinajstić information content (AvgIpc) is 2.74. The van der Waals surface area contributed by atoms with Gasteiger partial charge in [0.15, 0.2) is 0 Å². The van der Waals surface area contributed by atoms with Gasteiger partial charge in [0.25, 0.3) is 0 Å². The summed E-state index contributed by atoms with van der Waals surface area (Å²) in [5.41, 5.74) is 2.42. The molecule has 4 aromatic rings. The second-order valence-corrected chi connectivity index (χ2v) is 6.59. The number of hydrogen-bond acceptors (Lipinski definition) is 5. The Morgan fingerprint density at radius 1 is 1.00 bits per heavy atom. The first-order chi connectivity index (χ1) is 14.3. The van der Waals surface area contributed by atoms with Crippen LogP contribution < -0.4 is 5.32 Å². The lowest BCUT2D eigenvalue weighted by atomic mass is 10.0. The number of alkyl halides is 3. The lowest BCUT2D eigenvalue weighted by molar-refractivity contribution is -0.137. The smallest absolute Gasteiger partial charge is 0.340 e. The Morgan fingerprint density at radius 2 is 1.77 bits per heavy atom. The predicted octanol–water partition coefficient (Wildman–Crippen LogP) is 5.63. The molecule has 0 unspecified atom stereocenters. The molecular formula is C22H14F3N5. The van der Waals surface area contributed by atoms with Crippen LogP contribution in [0.5, 0.6) is 0 Å². The molecule has 0 amide bonds. The minimum atomic E-state index is -4.41. The molecule has 2 aromatic carbocycles. The Hall–Kier alpha value is -3.99. The third-order valence-corrected chi connectivity index (χ3v) is 4.60. The number of nitrogens with one attached hydrogen (secondary N) is 1. The van der Waals surface area contributed by atoms with Gasteiger partial charge in [-0.15, -0.1) is 0 Å². The van der Waals surface area contributed by atoms with Gasteiger partial charge in [0, 0.05) is 28.4 Å². The Morgan fingerprint density at radius 3 is 2.47 bits per heavy atom. The summed E-state index contributed by atoms with van der Waals surface area (Å²) >= 11 is 0. The molecule has 0 aliphatic heterocycles. The van der Waals surface area contributed by atoms with E-state index in [1.807, 2.05) is 36.4 Å². The van der Waals surface area contributed by atoms with Crippen LogP contribution in [0.1, 0.15) is 17.0 Å². The number of fused-ring (bicyclic) bond motifs is 1. The van der Waals surface area contributed by atoms with Crippen LogP contribution in [0, 0.1) is 18.3 Å². The first kappa shape index (κ1) is 19.3. The van der Waals surface area contributed by atoms with E-state index in [0.29, 0.717) is 22.8 Å². The zero-order valence-electron chi connectivity index (χ0n) is 15.7. The molecular weight excluding hydrogens is 391 g/mol. The van der Waals surface area contributed by atoms with Gasteiger partial charge in [-0.05, 0) is 43.3 Å². The highest BCUT2D eigenvalue weighted by Crippen LogP contribution is 2.32. The maximum Gasteiger partial charge on any atom is 0.416 e. The van der Waals surface area contributed by atoms with E-state index in [4.69, 9.17) is 0 Å². The Kier molecular flexibility index (Phi) is 4.80. The van der Waals surface area contributed by atoms with Crippen molar-refractivity contribution < 1.29 is 13.2 Å². The molecule has 0 radical (unpaired) electrons. The van der Waals surface area contributed by atoms with E-state index >= 15 is 0 Å². The summed E-state index contributed by atoms with van der Waals surface area (Å²) in [6.07, 6.45) is -2.72. The number of halogens is 3. The van der Waals surface area contributed by atoms with Crippen molar-refractivity contribution in [3.63, 3.8) is 0 Å². The molecule has 30 heavy (non-hydrogen) atoms. The van der Waals surface area contributed by atoms with E-state index in [2.05, 4.69) is 20.3 Å². The molecule has 2 aromatic heterocycles. The molecule has 4 rings (SSSR count). The summed E-state index contributed by atoms with van der Waals surface area (Å²) in [5.74, 6) is 0.295. The highest BCUT2D eigenvalue weighted by Gasteiger charge is 2.30. The minimum absolute atomic E-state index is 0.0499. The van der Waals surface area contributed by atoms with Crippen LogP contribution in [0.2, 0.25) is 0 Å². The second kappa shape index (κ2) is 7.44. The van der Waals surface area contributed by atoms with Gasteiger partial charge >= 0.3 is 6.18 Å². The van der Waals surface area contributed by atoms with Crippen molar-refractivity contribution in [2.24, 2.45) is 0 Å². The Bertz CT molecular complexity index is 1270. The summed E-state index contributed by atoms with van der Waals surface area (Å²) in [4.78, 5) is 12.9. The number of hydrogen-bond donors (Lipinski definition) is 1. The van der Waals surface area contributed by atoms with Crippen LogP contribution in [-0.2, 0) is 6.18 Å².